The number of methoxy groups -OCH3 is 2. The Bertz CT molecular complexity index is 697. The van der Waals surface area contributed by atoms with Crippen molar-refractivity contribution in [3.05, 3.63) is 59.7 Å². The van der Waals surface area contributed by atoms with Gasteiger partial charge in [-0.1, -0.05) is 37.6 Å². The van der Waals surface area contributed by atoms with Crippen LogP contribution in [0.15, 0.2) is 48.5 Å². The van der Waals surface area contributed by atoms with Crippen LogP contribution in [-0.2, 0) is 16.0 Å². The van der Waals surface area contributed by atoms with Crippen molar-refractivity contribution in [1.29, 1.82) is 0 Å². The first-order valence-corrected chi connectivity index (χ1v) is 9.66. The van der Waals surface area contributed by atoms with Crippen LogP contribution < -0.4 is 10.1 Å². The molecule has 0 aliphatic heterocycles. The van der Waals surface area contributed by atoms with Crippen molar-refractivity contribution in [2.45, 2.75) is 44.9 Å². The molecule has 0 heterocycles. The highest BCUT2D eigenvalue weighted by Gasteiger charge is 2.11. The molecule has 27 heavy (non-hydrogen) atoms. The number of anilines is 1. The predicted molar refractivity (Wildman–Crippen MR) is 111 cm³/mol. The van der Waals surface area contributed by atoms with Gasteiger partial charge in [0.1, 0.15) is 5.75 Å². The Hall–Kier alpha value is -2.49. The number of rotatable bonds is 11. The lowest BCUT2D eigenvalue weighted by molar-refractivity contribution is -0.140. The molecule has 1 unspecified atom stereocenters. The summed E-state index contributed by atoms with van der Waals surface area (Å²) < 4.78 is 9.94. The van der Waals surface area contributed by atoms with Crippen LogP contribution in [0.4, 0.5) is 5.69 Å². The quantitative estimate of drug-likeness (QED) is 0.437. The van der Waals surface area contributed by atoms with E-state index >= 15 is 0 Å². The monoisotopic (exact) mass is 369 g/mol. The predicted octanol–water partition coefficient (Wildman–Crippen LogP) is 5.19. The van der Waals surface area contributed by atoms with Crippen LogP contribution in [0.3, 0.4) is 0 Å². The second-order valence-electron chi connectivity index (χ2n) is 6.89. The van der Waals surface area contributed by atoms with Gasteiger partial charge < -0.3 is 14.8 Å². The van der Waals surface area contributed by atoms with Crippen molar-refractivity contribution in [3.63, 3.8) is 0 Å². The second-order valence-corrected chi connectivity index (χ2v) is 6.89. The molecule has 0 aromatic heterocycles. The van der Waals surface area contributed by atoms with Crippen LogP contribution in [0.5, 0.6) is 5.75 Å². The average molecular weight is 370 g/mol. The Morgan fingerprint density at radius 1 is 1.04 bits per heavy atom. The summed E-state index contributed by atoms with van der Waals surface area (Å²) in [5, 5.41) is 3.49. The molecule has 0 amide bonds. The molecule has 0 bridgehead atoms. The minimum Gasteiger partial charge on any atom is -0.497 e. The number of carbonyl (C=O) groups excluding carboxylic acids is 1. The van der Waals surface area contributed by atoms with E-state index in [1.165, 1.54) is 25.5 Å². The Morgan fingerprint density at radius 3 is 2.52 bits per heavy atom. The van der Waals surface area contributed by atoms with E-state index in [1.807, 2.05) is 18.2 Å². The number of ether oxygens (including phenoxy) is 2. The Balaban J connectivity index is 1.67. The van der Waals surface area contributed by atoms with Gasteiger partial charge in [0, 0.05) is 12.2 Å². The second kappa shape index (κ2) is 11.3. The summed E-state index contributed by atoms with van der Waals surface area (Å²) >= 11 is 0. The van der Waals surface area contributed by atoms with E-state index in [0.29, 0.717) is 6.42 Å². The van der Waals surface area contributed by atoms with Gasteiger partial charge >= 0.3 is 5.97 Å². The number of hydrogen-bond acceptors (Lipinski definition) is 4. The normalized spacial score (nSPS) is 11.7. The zero-order valence-corrected chi connectivity index (χ0v) is 16.7. The number of unbranched alkanes of at least 4 members (excludes halogenated alkanes) is 2. The summed E-state index contributed by atoms with van der Waals surface area (Å²) in [6, 6.07) is 16.6. The molecule has 0 saturated carbocycles. The minimum atomic E-state index is -0.169. The SMILES string of the molecule is COC(=O)CC(C)c1cccc(NCCCCCc2ccc(OC)cc2)c1. The van der Waals surface area contributed by atoms with Gasteiger partial charge in [0.25, 0.3) is 0 Å². The average Bonchev–Trinajstić information content (AvgIpc) is 2.71. The summed E-state index contributed by atoms with van der Waals surface area (Å²) in [4.78, 5) is 11.4. The maximum atomic E-state index is 11.4. The lowest BCUT2D eigenvalue weighted by atomic mass is 9.97. The number of aryl methyl sites for hydroxylation is 1. The molecule has 1 atom stereocenters. The summed E-state index contributed by atoms with van der Waals surface area (Å²) in [7, 11) is 3.12. The van der Waals surface area contributed by atoms with Gasteiger partial charge in [-0.25, -0.2) is 0 Å². The molecule has 146 valence electrons. The number of carbonyl (C=O) groups is 1. The Kier molecular flexibility index (Phi) is 8.69. The van der Waals surface area contributed by atoms with Gasteiger partial charge in [-0.3, -0.25) is 4.79 Å². The van der Waals surface area contributed by atoms with Crippen LogP contribution in [0, 0.1) is 0 Å². The molecule has 0 aliphatic carbocycles. The molecule has 1 N–H and O–H groups in total. The van der Waals surface area contributed by atoms with Crippen molar-refractivity contribution in [1.82, 2.24) is 0 Å². The molecule has 2 rings (SSSR count). The smallest absolute Gasteiger partial charge is 0.306 e. The summed E-state index contributed by atoms with van der Waals surface area (Å²) in [5.74, 6) is 0.896. The summed E-state index contributed by atoms with van der Waals surface area (Å²) in [6.45, 7) is 3.01. The molecule has 2 aromatic carbocycles. The third-order valence-electron chi connectivity index (χ3n) is 4.79. The number of hydrogen-bond donors (Lipinski definition) is 1. The fourth-order valence-corrected chi connectivity index (χ4v) is 3.06. The molecule has 0 saturated heterocycles. The first-order valence-electron chi connectivity index (χ1n) is 9.66. The van der Waals surface area contributed by atoms with E-state index in [4.69, 9.17) is 9.47 Å². The lowest BCUT2D eigenvalue weighted by Crippen LogP contribution is -2.07. The molecule has 0 radical (unpaired) electrons. The number of nitrogens with one attached hydrogen (secondary N) is 1. The molecular weight excluding hydrogens is 338 g/mol. The van der Waals surface area contributed by atoms with Crippen molar-refractivity contribution in [2.75, 3.05) is 26.1 Å². The number of benzene rings is 2. The third-order valence-corrected chi connectivity index (χ3v) is 4.79. The van der Waals surface area contributed by atoms with E-state index < -0.39 is 0 Å². The fourth-order valence-electron chi connectivity index (χ4n) is 3.06. The summed E-state index contributed by atoms with van der Waals surface area (Å²) in [6.07, 6.45) is 5.02. The maximum Gasteiger partial charge on any atom is 0.306 e. The van der Waals surface area contributed by atoms with Crippen LogP contribution in [-0.4, -0.2) is 26.7 Å². The Labute approximate surface area is 162 Å². The van der Waals surface area contributed by atoms with Gasteiger partial charge in [0.15, 0.2) is 0 Å². The van der Waals surface area contributed by atoms with Crippen molar-refractivity contribution >= 4 is 11.7 Å². The Morgan fingerprint density at radius 2 is 1.81 bits per heavy atom. The highest BCUT2D eigenvalue weighted by Crippen LogP contribution is 2.22. The van der Waals surface area contributed by atoms with Crippen LogP contribution in [0.25, 0.3) is 0 Å². The maximum absolute atomic E-state index is 11.4. The van der Waals surface area contributed by atoms with Gasteiger partial charge in [0.2, 0.25) is 0 Å². The first-order chi connectivity index (χ1) is 13.1. The topological polar surface area (TPSA) is 47.6 Å². The zero-order valence-electron chi connectivity index (χ0n) is 16.7. The minimum absolute atomic E-state index is 0.156. The van der Waals surface area contributed by atoms with Crippen molar-refractivity contribution in [2.24, 2.45) is 0 Å². The molecular formula is C23H31NO3. The lowest BCUT2D eigenvalue weighted by Gasteiger charge is -2.13. The highest BCUT2D eigenvalue weighted by atomic mass is 16.5. The van der Waals surface area contributed by atoms with E-state index in [9.17, 15) is 4.79 Å². The molecule has 0 spiro atoms. The van der Waals surface area contributed by atoms with E-state index in [1.54, 1.807) is 7.11 Å². The van der Waals surface area contributed by atoms with Crippen LogP contribution in [0.2, 0.25) is 0 Å². The summed E-state index contributed by atoms with van der Waals surface area (Å²) in [5.41, 5.74) is 3.63. The van der Waals surface area contributed by atoms with Gasteiger partial charge in [0.05, 0.1) is 20.6 Å². The van der Waals surface area contributed by atoms with Crippen molar-refractivity contribution in [3.8, 4) is 5.75 Å². The van der Waals surface area contributed by atoms with Crippen LogP contribution in [0.1, 0.15) is 49.7 Å². The largest absolute Gasteiger partial charge is 0.497 e. The molecule has 4 heteroatoms. The molecule has 4 nitrogen and oxygen atoms in total. The zero-order chi connectivity index (χ0) is 19.5. The van der Waals surface area contributed by atoms with Gasteiger partial charge in [-0.15, -0.1) is 0 Å². The van der Waals surface area contributed by atoms with E-state index in [0.717, 1.165) is 36.4 Å². The standard InChI is InChI=1S/C23H31NO3/c1-18(16-23(25)27-3)20-9-7-10-21(17-20)24-15-6-4-5-8-19-11-13-22(26-2)14-12-19/h7,9-14,17-18,24H,4-6,8,15-16H2,1-3H3. The molecule has 0 aliphatic rings. The third kappa shape index (κ3) is 7.33. The van der Waals surface area contributed by atoms with Gasteiger partial charge in [-0.05, 0) is 60.6 Å². The molecule has 0 fully saturated rings. The van der Waals surface area contributed by atoms with Gasteiger partial charge in [-0.2, -0.15) is 0 Å². The van der Waals surface area contributed by atoms with Crippen LogP contribution >= 0.6 is 0 Å². The van der Waals surface area contributed by atoms with E-state index in [2.05, 4.69) is 42.6 Å². The fraction of sp³-hybridized carbons (Fsp3) is 0.435. The highest BCUT2D eigenvalue weighted by molar-refractivity contribution is 5.70. The van der Waals surface area contributed by atoms with E-state index in [-0.39, 0.29) is 11.9 Å². The van der Waals surface area contributed by atoms with Crippen molar-refractivity contribution < 1.29 is 14.3 Å². The molecule has 2 aromatic rings. The first kappa shape index (κ1) is 20.8. The number of esters is 1.